The first-order chi connectivity index (χ1) is 14.0. The number of carbonyl (C=O) groups is 4. The van der Waals surface area contributed by atoms with E-state index in [0.717, 1.165) is 0 Å². The minimum atomic E-state index is -1.98. The summed E-state index contributed by atoms with van der Waals surface area (Å²) >= 11 is 0. The molecule has 0 unspecified atom stereocenters. The van der Waals surface area contributed by atoms with Crippen molar-refractivity contribution >= 4 is 23.1 Å². The van der Waals surface area contributed by atoms with Crippen LogP contribution < -0.4 is 0 Å². The molecule has 0 aromatic heterocycles. The van der Waals surface area contributed by atoms with Crippen LogP contribution >= 0.6 is 0 Å². The number of phenolic OH excluding ortho intramolecular Hbond substituents is 1. The Hall–Kier alpha value is -3.86. The second-order valence-corrected chi connectivity index (χ2v) is 7.27. The lowest BCUT2D eigenvalue weighted by molar-refractivity contribution is 0.0612. The van der Waals surface area contributed by atoms with Gasteiger partial charge in [0.15, 0.2) is 23.1 Å². The van der Waals surface area contributed by atoms with Crippen LogP contribution in [0, 0.1) is 5.92 Å². The summed E-state index contributed by atoms with van der Waals surface area (Å²) in [4.78, 5) is 53.9. The number of phenols is 1. The second kappa shape index (κ2) is 5.82. The number of Topliss-reactive ketones (excluding diaryl/α,β-unsaturated/α-hetero) is 4. The molecule has 0 bridgehead atoms. The van der Waals surface area contributed by atoms with E-state index in [1.807, 2.05) is 0 Å². The summed E-state index contributed by atoms with van der Waals surface area (Å²) in [5.41, 5.74) is -0.926. The summed E-state index contributed by atoms with van der Waals surface area (Å²) in [6.07, 6.45) is 0. The summed E-state index contributed by atoms with van der Waals surface area (Å²) < 4.78 is 0. The third kappa shape index (κ3) is 2.04. The van der Waals surface area contributed by atoms with Crippen molar-refractivity contribution in [3.8, 4) is 5.75 Å². The number of aromatic hydroxyl groups is 1. The molecule has 0 atom stereocenters. The molecule has 0 aliphatic heterocycles. The zero-order valence-corrected chi connectivity index (χ0v) is 15.1. The van der Waals surface area contributed by atoms with Gasteiger partial charge in [-0.1, -0.05) is 60.7 Å². The SMILES string of the molecule is O=C1c2ccccc2C(=O)C1C1(c2ccc(O)cc2)C(=O)c2ccccc2C1=O. The van der Waals surface area contributed by atoms with Gasteiger partial charge in [-0.05, 0) is 17.7 Å². The quantitative estimate of drug-likeness (QED) is 0.686. The standard InChI is InChI=1S/C24H14O5/c25-14-11-9-13(10-12-14)24(22(28)17-7-3-4-8-18(17)23(24)29)19-20(26)15-5-1-2-6-16(15)21(19)27/h1-12,19,25H. The van der Waals surface area contributed by atoms with Gasteiger partial charge in [0.25, 0.3) is 0 Å². The number of benzene rings is 3. The lowest BCUT2D eigenvalue weighted by Gasteiger charge is -2.30. The van der Waals surface area contributed by atoms with Crippen molar-refractivity contribution in [3.05, 3.63) is 101 Å². The molecule has 0 radical (unpaired) electrons. The molecule has 5 rings (SSSR count). The largest absolute Gasteiger partial charge is 0.508 e. The molecule has 0 amide bonds. The predicted octanol–water partition coefficient (Wildman–Crippen LogP) is 3.40. The minimum absolute atomic E-state index is 0.0494. The van der Waals surface area contributed by atoms with E-state index in [9.17, 15) is 24.3 Å². The fourth-order valence-corrected chi connectivity index (χ4v) is 4.56. The van der Waals surface area contributed by atoms with Crippen LogP contribution in [0.25, 0.3) is 0 Å². The van der Waals surface area contributed by atoms with E-state index in [1.54, 1.807) is 24.3 Å². The number of carbonyl (C=O) groups excluding carboxylic acids is 4. The zero-order chi connectivity index (χ0) is 20.3. The molecule has 29 heavy (non-hydrogen) atoms. The first kappa shape index (κ1) is 17.3. The number of ketones is 4. The van der Waals surface area contributed by atoms with Crippen LogP contribution in [-0.4, -0.2) is 28.2 Å². The summed E-state index contributed by atoms with van der Waals surface area (Å²) in [7, 11) is 0. The Kier molecular flexibility index (Phi) is 3.46. The first-order valence-corrected chi connectivity index (χ1v) is 9.13. The van der Waals surface area contributed by atoms with Crippen molar-refractivity contribution in [3.63, 3.8) is 0 Å². The molecule has 0 spiro atoms. The topological polar surface area (TPSA) is 88.5 Å². The molecule has 0 heterocycles. The molecule has 2 aliphatic rings. The second-order valence-electron chi connectivity index (χ2n) is 7.27. The molecule has 140 valence electrons. The number of hydrogen-bond donors (Lipinski definition) is 1. The Balaban J connectivity index is 1.82. The molecule has 2 aliphatic carbocycles. The zero-order valence-electron chi connectivity index (χ0n) is 15.1. The fourth-order valence-electron chi connectivity index (χ4n) is 4.56. The summed E-state index contributed by atoms with van der Waals surface area (Å²) in [5, 5.41) is 9.70. The highest BCUT2D eigenvalue weighted by molar-refractivity contribution is 6.40. The van der Waals surface area contributed by atoms with Crippen LogP contribution in [0.5, 0.6) is 5.75 Å². The van der Waals surface area contributed by atoms with Crippen LogP contribution in [0.3, 0.4) is 0 Å². The van der Waals surface area contributed by atoms with Gasteiger partial charge in [0, 0.05) is 22.3 Å². The Morgan fingerprint density at radius 1 is 0.586 bits per heavy atom. The summed E-state index contributed by atoms with van der Waals surface area (Å²) in [6, 6.07) is 18.3. The van der Waals surface area contributed by atoms with Gasteiger partial charge in [0.1, 0.15) is 17.1 Å². The van der Waals surface area contributed by atoms with Gasteiger partial charge in [-0.2, -0.15) is 0 Å². The van der Waals surface area contributed by atoms with E-state index in [1.165, 1.54) is 48.5 Å². The maximum absolute atomic E-state index is 13.7. The predicted molar refractivity (Wildman–Crippen MR) is 103 cm³/mol. The molecule has 3 aromatic carbocycles. The van der Waals surface area contributed by atoms with E-state index in [-0.39, 0.29) is 33.6 Å². The molecule has 1 N–H and O–H groups in total. The van der Waals surface area contributed by atoms with E-state index in [4.69, 9.17) is 0 Å². The van der Waals surface area contributed by atoms with Crippen LogP contribution in [0.2, 0.25) is 0 Å². The van der Waals surface area contributed by atoms with Gasteiger partial charge >= 0.3 is 0 Å². The van der Waals surface area contributed by atoms with Crippen molar-refractivity contribution in [2.24, 2.45) is 5.92 Å². The van der Waals surface area contributed by atoms with Crippen LogP contribution in [0.15, 0.2) is 72.8 Å². The highest BCUT2D eigenvalue weighted by Crippen LogP contribution is 2.49. The molecule has 0 saturated heterocycles. The van der Waals surface area contributed by atoms with Crippen molar-refractivity contribution in [1.29, 1.82) is 0 Å². The molecular weight excluding hydrogens is 368 g/mol. The lowest BCUT2D eigenvalue weighted by atomic mass is 9.64. The van der Waals surface area contributed by atoms with Gasteiger partial charge in [-0.3, -0.25) is 19.2 Å². The molecule has 3 aromatic rings. The summed E-state index contributed by atoms with van der Waals surface area (Å²) in [6.45, 7) is 0. The third-order valence-corrected chi connectivity index (χ3v) is 5.87. The Morgan fingerprint density at radius 3 is 1.45 bits per heavy atom. The van der Waals surface area contributed by atoms with E-state index in [0.29, 0.717) is 0 Å². The molecule has 5 heteroatoms. The van der Waals surface area contributed by atoms with E-state index < -0.39 is 34.5 Å². The maximum atomic E-state index is 13.7. The van der Waals surface area contributed by atoms with Gasteiger partial charge in [-0.25, -0.2) is 0 Å². The number of rotatable bonds is 2. The minimum Gasteiger partial charge on any atom is -0.508 e. The maximum Gasteiger partial charge on any atom is 0.183 e. The average Bonchev–Trinajstić information content (AvgIpc) is 3.13. The van der Waals surface area contributed by atoms with Crippen molar-refractivity contribution in [1.82, 2.24) is 0 Å². The Labute approximate surface area is 165 Å². The van der Waals surface area contributed by atoms with Crippen molar-refractivity contribution < 1.29 is 24.3 Å². The van der Waals surface area contributed by atoms with Crippen molar-refractivity contribution in [2.45, 2.75) is 5.41 Å². The highest BCUT2D eigenvalue weighted by Gasteiger charge is 2.65. The number of hydrogen-bond acceptors (Lipinski definition) is 5. The molecular formula is C24H14O5. The molecule has 5 nitrogen and oxygen atoms in total. The Bertz CT molecular complexity index is 1170. The number of fused-ring (bicyclic) bond motifs is 2. The molecule has 0 fully saturated rings. The van der Waals surface area contributed by atoms with Crippen molar-refractivity contribution in [2.75, 3.05) is 0 Å². The average molecular weight is 382 g/mol. The monoisotopic (exact) mass is 382 g/mol. The first-order valence-electron chi connectivity index (χ1n) is 9.13. The normalized spacial score (nSPS) is 17.5. The lowest BCUT2D eigenvalue weighted by Crippen LogP contribution is -2.50. The van der Waals surface area contributed by atoms with Crippen LogP contribution in [0.1, 0.15) is 47.0 Å². The van der Waals surface area contributed by atoms with Gasteiger partial charge in [-0.15, -0.1) is 0 Å². The van der Waals surface area contributed by atoms with Crippen LogP contribution in [-0.2, 0) is 5.41 Å². The van der Waals surface area contributed by atoms with Crippen LogP contribution in [0.4, 0.5) is 0 Å². The van der Waals surface area contributed by atoms with Gasteiger partial charge in [0.2, 0.25) is 0 Å². The molecule has 0 saturated carbocycles. The highest BCUT2D eigenvalue weighted by atomic mass is 16.3. The van der Waals surface area contributed by atoms with Gasteiger partial charge in [0.05, 0.1) is 0 Å². The third-order valence-electron chi connectivity index (χ3n) is 5.87. The fraction of sp³-hybridized carbons (Fsp3) is 0.0833. The van der Waals surface area contributed by atoms with E-state index >= 15 is 0 Å². The summed E-state index contributed by atoms with van der Waals surface area (Å²) in [5.74, 6) is -3.73. The Morgan fingerprint density at radius 2 is 1.00 bits per heavy atom. The van der Waals surface area contributed by atoms with E-state index in [2.05, 4.69) is 0 Å². The van der Waals surface area contributed by atoms with Gasteiger partial charge < -0.3 is 5.11 Å². The smallest absolute Gasteiger partial charge is 0.183 e.